The highest BCUT2D eigenvalue weighted by Crippen LogP contribution is 2.32. The van der Waals surface area contributed by atoms with E-state index in [1.54, 1.807) is 6.33 Å². The lowest BCUT2D eigenvalue weighted by atomic mass is 9.79. The number of fused-ring (bicyclic) bond motifs is 1. The van der Waals surface area contributed by atoms with Crippen molar-refractivity contribution in [2.45, 2.75) is 25.3 Å². The van der Waals surface area contributed by atoms with Gasteiger partial charge in [0.25, 0.3) is 5.91 Å². The predicted octanol–water partition coefficient (Wildman–Crippen LogP) is 2.23. The molecule has 1 aromatic carbocycles. The first-order valence-corrected chi connectivity index (χ1v) is 9.83. The first-order chi connectivity index (χ1) is 14.0. The monoisotopic (exact) mass is 390 g/mol. The molecule has 2 saturated heterocycles. The number of hydrogen-bond donors (Lipinski definition) is 2. The molecule has 1 atom stereocenters. The van der Waals surface area contributed by atoms with E-state index in [1.807, 2.05) is 54.0 Å². The van der Waals surface area contributed by atoms with Crippen LogP contribution in [0.3, 0.4) is 0 Å². The lowest BCUT2D eigenvalue weighted by Crippen LogP contribution is -2.53. The van der Waals surface area contributed by atoms with Gasteiger partial charge in [0.05, 0.1) is 11.0 Å². The summed E-state index contributed by atoms with van der Waals surface area (Å²) in [4.78, 5) is 35.3. The number of aromatic nitrogens is 3. The van der Waals surface area contributed by atoms with Gasteiger partial charge < -0.3 is 10.2 Å². The molecule has 3 amide bonds. The zero-order valence-corrected chi connectivity index (χ0v) is 16.1. The molecule has 3 aromatic rings. The van der Waals surface area contributed by atoms with Gasteiger partial charge in [0.15, 0.2) is 0 Å². The SMILES string of the molecule is CC1(C2CCN(c3cccc(-n4cnc5ccccc54)n3)CC2)NC(=O)NC1=O. The van der Waals surface area contributed by atoms with Crippen LogP contribution < -0.4 is 15.5 Å². The number of nitrogens with zero attached hydrogens (tertiary/aromatic N) is 4. The highest BCUT2D eigenvalue weighted by atomic mass is 16.2. The van der Waals surface area contributed by atoms with Gasteiger partial charge >= 0.3 is 6.03 Å². The van der Waals surface area contributed by atoms with Crippen molar-refractivity contribution in [2.75, 3.05) is 18.0 Å². The minimum Gasteiger partial charge on any atom is -0.357 e. The Balaban J connectivity index is 1.35. The number of hydrogen-bond acceptors (Lipinski definition) is 5. The number of nitrogens with one attached hydrogen (secondary N) is 2. The fraction of sp³-hybridized carbons (Fsp3) is 0.333. The molecule has 8 heteroatoms. The smallest absolute Gasteiger partial charge is 0.322 e. The largest absolute Gasteiger partial charge is 0.357 e. The van der Waals surface area contributed by atoms with Crippen LogP contribution in [0, 0.1) is 5.92 Å². The van der Waals surface area contributed by atoms with Gasteiger partial charge in [-0.15, -0.1) is 0 Å². The first-order valence-electron chi connectivity index (χ1n) is 9.83. The van der Waals surface area contributed by atoms with Gasteiger partial charge in [-0.05, 0) is 49.9 Å². The maximum atomic E-state index is 12.2. The Labute approximate surface area is 167 Å². The lowest BCUT2D eigenvalue weighted by Gasteiger charge is -2.39. The van der Waals surface area contributed by atoms with Crippen molar-refractivity contribution in [3.8, 4) is 5.82 Å². The molecule has 29 heavy (non-hydrogen) atoms. The molecule has 0 spiro atoms. The third-order valence-corrected chi connectivity index (χ3v) is 6.13. The highest BCUT2D eigenvalue weighted by molar-refractivity contribution is 6.07. The van der Waals surface area contributed by atoms with E-state index >= 15 is 0 Å². The molecule has 0 bridgehead atoms. The van der Waals surface area contributed by atoms with Crippen molar-refractivity contribution in [3.05, 3.63) is 48.8 Å². The zero-order chi connectivity index (χ0) is 20.0. The number of carbonyl (C=O) groups excluding carboxylic acids is 2. The molecule has 2 aromatic heterocycles. The number of pyridine rings is 1. The van der Waals surface area contributed by atoms with Gasteiger partial charge in [-0.2, -0.15) is 0 Å². The first kappa shape index (κ1) is 17.7. The van der Waals surface area contributed by atoms with Crippen molar-refractivity contribution in [1.82, 2.24) is 25.2 Å². The Hall–Kier alpha value is -3.42. The summed E-state index contributed by atoms with van der Waals surface area (Å²) in [6.45, 7) is 3.38. The van der Waals surface area contributed by atoms with Crippen LogP contribution in [0.5, 0.6) is 0 Å². The molecule has 0 radical (unpaired) electrons. The second kappa shape index (κ2) is 6.58. The second-order valence-corrected chi connectivity index (χ2v) is 7.83. The number of imide groups is 1. The van der Waals surface area contributed by atoms with Crippen molar-refractivity contribution >= 4 is 28.8 Å². The van der Waals surface area contributed by atoms with Gasteiger partial charge in [-0.1, -0.05) is 18.2 Å². The number of rotatable bonds is 3. The minimum atomic E-state index is -0.825. The molecule has 2 fully saturated rings. The van der Waals surface area contributed by atoms with E-state index in [1.165, 1.54) is 0 Å². The standard InChI is InChI=1S/C21H22N6O2/c1-21(19(28)24-20(29)25-21)14-9-11-26(12-10-14)17-7-4-8-18(23-17)27-13-22-15-5-2-3-6-16(15)27/h2-8,13-14H,9-12H2,1H3,(H2,24,25,28,29). The molecule has 2 aliphatic heterocycles. The highest BCUT2D eigenvalue weighted by Gasteiger charge is 2.48. The quantitative estimate of drug-likeness (QED) is 0.669. The topological polar surface area (TPSA) is 92.2 Å². The zero-order valence-electron chi connectivity index (χ0n) is 16.1. The van der Waals surface area contributed by atoms with E-state index in [0.717, 1.165) is 48.6 Å². The van der Waals surface area contributed by atoms with Crippen molar-refractivity contribution in [3.63, 3.8) is 0 Å². The van der Waals surface area contributed by atoms with Crippen LogP contribution in [-0.4, -0.2) is 45.1 Å². The summed E-state index contributed by atoms with van der Waals surface area (Å²) in [5.74, 6) is 1.61. The van der Waals surface area contributed by atoms with Crippen LogP contribution in [0.1, 0.15) is 19.8 Å². The van der Waals surface area contributed by atoms with E-state index in [9.17, 15) is 9.59 Å². The van der Waals surface area contributed by atoms with Gasteiger partial charge in [-0.25, -0.2) is 14.8 Å². The van der Waals surface area contributed by atoms with Crippen LogP contribution >= 0.6 is 0 Å². The third kappa shape index (κ3) is 2.91. The van der Waals surface area contributed by atoms with E-state index in [-0.39, 0.29) is 11.8 Å². The number of benzene rings is 1. The van der Waals surface area contributed by atoms with Crippen LogP contribution in [0.15, 0.2) is 48.8 Å². The number of imidazole rings is 1. The summed E-state index contributed by atoms with van der Waals surface area (Å²) in [6.07, 6.45) is 3.42. The molecular weight excluding hydrogens is 368 g/mol. The van der Waals surface area contributed by atoms with Crippen molar-refractivity contribution in [1.29, 1.82) is 0 Å². The van der Waals surface area contributed by atoms with E-state index in [4.69, 9.17) is 4.98 Å². The van der Waals surface area contributed by atoms with Crippen LogP contribution in [0.2, 0.25) is 0 Å². The molecule has 0 aliphatic carbocycles. The average Bonchev–Trinajstić information content (AvgIpc) is 3.29. The van der Waals surface area contributed by atoms with Crippen molar-refractivity contribution < 1.29 is 9.59 Å². The molecule has 148 valence electrons. The molecule has 8 nitrogen and oxygen atoms in total. The molecule has 1 unspecified atom stereocenters. The summed E-state index contributed by atoms with van der Waals surface area (Å²) in [5, 5.41) is 5.17. The maximum Gasteiger partial charge on any atom is 0.322 e. The maximum absolute atomic E-state index is 12.2. The minimum absolute atomic E-state index is 0.103. The summed E-state index contributed by atoms with van der Waals surface area (Å²) >= 11 is 0. The van der Waals surface area contributed by atoms with E-state index in [2.05, 4.69) is 20.5 Å². The molecule has 4 heterocycles. The van der Waals surface area contributed by atoms with Crippen molar-refractivity contribution in [2.24, 2.45) is 5.92 Å². The Morgan fingerprint density at radius 2 is 1.79 bits per heavy atom. The normalized spacial score (nSPS) is 22.7. The Bertz CT molecular complexity index is 1100. The summed E-state index contributed by atoms with van der Waals surface area (Å²) < 4.78 is 1.99. The average molecular weight is 390 g/mol. The van der Waals surface area contributed by atoms with Gasteiger partial charge in [-0.3, -0.25) is 14.7 Å². The molecule has 5 rings (SSSR count). The fourth-order valence-corrected chi connectivity index (χ4v) is 4.39. The van der Waals surface area contributed by atoms with Gasteiger partial charge in [0.1, 0.15) is 23.5 Å². The number of urea groups is 1. The van der Waals surface area contributed by atoms with E-state index in [0.29, 0.717) is 0 Å². The molecular formula is C21H22N6O2. The summed E-state index contributed by atoms with van der Waals surface area (Å²) in [5.41, 5.74) is 1.13. The van der Waals surface area contributed by atoms with Crippen LogP contribution in [-0.2, 0) is 4.79 Å². The molecule has 2 aliphatic rings. The summed E-state index contributed by atoms with van der Waals surface area (Å²) in [7, 11) is 0. The van der Waals surface area contributed by atoms with Crippen LogP contribution in [0.4, 0.5) is 10.6 Å². The molecule has 0 saturated carbocycles. The molecule has 2 N–H and O–H groups in total. The second-order valence-electron chi connectivity index (χ2n) is 7.83. The van der Waals surface area contributed by atoms with Crippen LogP contribution in [0.25, 0.3) is 16.9 Å². The Morgan fingerprint density at radius 3 is 2.55 bits per heavy atom. The number of anilines is 1. The number of carbonyl (C=O) groups is 2. The van der Waals surface area contributed by atoms with E-state index < -0.39 is 11.6 Å². The van der Waals surface area contributed by atoms with Gasteiger partial charge in [0.2, 0.25) is 0 Å². The number of amides is 3. The number of para-hydroxylation sites is 2. The third-order valence-electron chi connectivity index (χ3n) is 6.13. The predicted molar refractivity (Wildman–Crippen MR) is 109 cm³/mol. The Kier molecular flexibility index (Phi) is 4.01. The Morgan fingerprint density at radius 1 is 1.03 bits per heavy atom. The lowest BCUT2D eigenvalue weighted by molar-refractivity contribution is -0.125. The number of piperidine rings is 1. The summed E-state index contributed by atoms with van der Waals surface area (Å²) in [6, 6.07) is 13.6. The fourth-order valence-electron chi connectivity index (χ4n) is 4.39. The van der Waals surface area contributed by atoms with Gasteiger partial charge in [0, 0.05) is 13.1 Å².